The second kappa shape index (κ2) is 8.36. The molecule has 9 heteroatoms. The summed E-state index contributed by atoms with van der Waals surface area (Å²) in [6.07, 6.45) is 0.494. The highest BCUT2D eigenvalue weighted by molar-refractivity contribution is 8.68. The van der Waals surface area contributed by atoms with E-state index in [0.717, 1.165) is 0 Å². The zero-order valence-electron chi connectivity index (χ0n) is 9.20. The lowest BCUT2D eigenvalue weighted by Crippen LogP contribution is -2.12. The van der Waals surface area contributed by atoms with E-state index in [2.05, 4.69) is 0 Å². The van der Waals surface area contributed by atoms with Gasteiger partial charge in [0.2, 0.25) is 12.2 Å². The van der Waals surface area contributed by atoms with Crippen LogP contribution in [-0.4, -0.2) is 41.0 Å². The predicted molar refractivity (Wildman–Crippen MR) is 76.3 cm³/mol. The minimum absolute atomic E-state index is 0.0320. The number of thiocarbonyl (C=S) groups is 1. The summed E-state index contributed by atoms with van der Waals surface area (Å²) in [4.78, 5) is 9.83. The van der Waals surface area contributed by atoms with Crippen LogP contribution in [0.5, 0.6) is 0 Å². The van der Waals surface area contributed by atoms with E-state index in [4.69, 9.17) is 28.5 Å². The van der Waals surface area contributed by atoms with Gasteiger partial charge in [-0.1, -0.05) is 23.6 Å². The van der Waals surface area contributed by atoms with Crippen molar-refractivity contribution in [3.8, 4) is 0 Å². The average molecular weight is 302 g/mol. The van der Waals surface area contributed by atoms with Crippen LogP contribution in [-0.2, 0) is 16.3 Å². The fourth-order valence-corrected chi connectivity index (χ4v) is 6.38. The minimum Gasteiger partial charge on any atom is -0.327 e. The predicted octanol–water partition coefficient (Wildman–Crippen LogP) is 2.54. The number of rotatable bonds is 9. The van der Waals surface area contributed by atoms with E-state index in [1.54, 1.807) is 11.7 Å². The Labute approximate surface area is 110 Å². The van der Waals surface area contributed by atoms with Gasteiger partial charge in [-0.25, -0.2) is 0 Å². The zero-order valence-corrected chi connectivity index (χ0v) is 12.5. The van der Waals surface area contributed by atoms with Crippen LogP contribution in [0, 0.1) is 10.1 Å². The van der Waals surface area contributed by atoms with Gasteiger partial charge in [-0.3, -0.25) is 10.1 Å². The molecule has 0 bridgehead atoms. The van der Waals surface area contributed by atoms with E-state index >= 15 is 0 Å². The van der Waals surface area contributed by atoms with E-state index in [-0.39, 0.29) is 11.5 Å². The molecule has 0 N–H and O–H groups in total. The molecule has 0 amide bonds. The summed E-state index contributed by atoms with van der Waals surface area (Å²) in [5.74, 6) is 0.617. The smallest absolute Gasteiger partial charge is 0.213 e. The molecule has 0 aromatic carbocycles. The van der Waals surface area contributed by atoms with Crippen molar-refractivity contribution in [2.75, 3.05) is 26.0 Å². The maximum absolute atomic E-state index is 10.2. The van der Waals surface area contributed by atoms with Crippen LogP contribution in [0.3, 0.4) is 0 Å². The lowest BCUT2D eigenvalue weighted by atomic mass is 10.5. The van der Waals surface area contributed by atoms with Gasteiger partial charge in [-0.2, -0.15) is 0 Å². The van der Waals surface area contributed by atoms with E-state index in [1.165, 1.54) is 16.9 Å². The molecule has 0 radical (unpaired) electrons. The van der Waals surface area contributed by atoms with Gasteiger partial charge >= 0.3 is 0 Å². The average Bonchev–Trinajstić information content (AvgIpc) is 2.23. The van der Waals surface area contributed by atoms with E-state index in [9.17, 15) is 10.1 Å². The number of hydrogen-bond acceptors (Lipinski definition) is 6. The van der Waals surface area contributed by atoms with Crippen molar-refractivity contribution < 1.29 is 9.45 Å². The Morgan fingerprint density at radius 1 is 1.69 bits per heavy atom. The molecule has 5 nitrogen and oxygen atoms in total. The first-order chi connectivity index (χ1) is 7.46. The van der Waals surface area contributed by atoms with E-state index in [1.807, 2.05) is 6.92 Å². The van der Waals surface area contributed by atoms with Crippen LogP contribution in [0.2, 0.25) is 0 Å². The molecule has 1 atom stereocenters. The quantitative estimate of drug-likeness (QED) is 0.213. The van der Waals surface area contributed by atoms with E-state index < -0.39 is 5.62 Å². The first kappa shape index (κ1) is 16.2. The monoisotopic (exact) mass is 302 g/mol. The molecule has 0 rings (SSSR count). The fourth-order valence-electron chi connectivity index (χ4n) is 0.814. The Balaban J connectivity index is 4.18. The highest BCUT2D eigenvalue weighted by Crippen LogP contribution is 2.61. The topological polar surface area (TPSA) is 55.6 Å². The van der Waals surface area contributed by atoms with Gasteiger partial charge < -0.3 is 9.19 Å². The molecular formula is C7H15N2O3PS3. The third kappa shape index (κ3) is 6.10. The number of nitrogens with zero attached hydrogens (tertiary/aromatic N) is 2. The third-order valence-electron chi connectivity index (χ3n) is 1.57. The molecular weight excluding hydrogens is 287 g/mol. The summed E-state index contributed by atoms with van der Waals surface area (Å²) in [5.41, 5.74) is -0.700. The molecule has 0 saturated carbocycles. The van der Waals surface area contributed by atoms with Crippen LogP contribution >= 0.6 is 29.2 Å². The van der Waals surface area contributed by atoms with Gasteiger partial charge in [-0.05, 0) is 18.7 Å². The Morgan fingerprint density at radius 3 is 2.75 bits per heavy atom. The molecule has 0 aromatic heterocycles. The Kier molecular flexibility index (Phi) is 8.49. The number of nitro groups is 1. The van der Waals surface area contributed by atoms with Crippen molar-refractivity contribution >= 4 is 46.5 Å². The fraction of sp³-hybridized carbons (Fsp3) is 0.857. The van der Waals surface area contributed by atoms with Crippen molar-refractivity contribution in [1.82, 2.24) is 4.67 Å². The lowest BCUT2D eigenvalue weighted by molar-refractivity contribution is -0.479. The van der Waals surface area contributed by atoms with Crippen molar-refractivity contribution in [3.05, 3.63) is 10.1 Å². The standard InChI is InChI=1S/C7H15N2O3PS3/c1-3-12-13(15,8(2)7-14)16-6-4-5-9(10)11/h7H,3-6H2,1-2H3. The second-order valence-electron chi connectivity index (χ2n) is 2.81. The van der Waals surface area contributed by atoms with Gasteiger partial charge in [0.25, 0.3) is 0 Å². The molecule has 0 aliphatic carbocycles. The number of hydrogen-bond donors (Lipinski definition) is 0. The van der Waals surface area contributed by atoms with Crippen molar-refractivity contribution in [1.29, 1.82) is 0 Å². The third-order valence-corrected chi connectivity index (χ3v) is 8.97. The summed E-state index contributed by atoms with van der Waals surface area (Å²) in [6.45, 7) is 2.36. The molecule has 0 spiro atoms. The molecule has 0 aromatic rings. The first-order valence-electron chi connectivity index (χ1n) is 4.65. The van der Waals surface area contributed by atoms with Crippen molar-refractivity contribution in [2.24, 2.45) is 0 Å². The maximum atomic E-state index is 10.2. The molecule has 1 unspecified atom stereocenters. The summed E-state index contributed by atoms with van der Waals surface area (Å²) in [6, 6.07) is 0. The van der Waals surface area contributed by atoms with Gasteiger partial charge in [0.05, 0.1) is 12.1 Å². The van der Waals surface area contributed by atoms with Crippen LogP contribution in [0.4, 0.5) is 0 Å². The SMILES string of the molecule is CCOP(=S)(SCCC[N+](=O)[O-])N(C)C=S. The summed E-state index contributed by atoms with van der Waals surface area (Å²) < 4.78 is 7.26. The molecule has 94 valence electrons. The molecule has 16 heavy (non-hydrogen) atoms. The van der Waals surface area contributed by atoms with Gasteiger partial charge in [0.1, 0.15) is 0 Å². The lowest BCUT2D eigenvalue weighted by Gasteiger charge is -2.28. The Morgan fingerprint density at radius 2 is 2.31 bits per heavy atom. The van der Waals surface area contributed by atoms with Crippen LogP contribution in [0.15, 0.2) is 0 Å². The summed E-state index contributed by atoms with van der Waals surface area (Å²) in [5, 5.41) is 10.2. The highest BCUT2D eigenvalue weighted by atomic mass is 32.9. The second-order valence-corrected chi connectivity index (χ2v) is 9.95. The van der Waals surface area contributed by atoms with Gasteiger partial charge in [0, 0.05) is 24.1 Å². The molecule has 0 heterocycles. The first-order valence-corrected chi connectivity index (χ1v) is 9.39. The maximum Gasteiger partial charge on any atom is 0.213 e. The van der Waals surface area contributed by atoms with Gasteiger partial charge in [0.15, 0.2) is 0 Å². The zero-order chi connectivity index (χ0) is 12.6. The van der Waals surface area contributed by atoms with Crippen molar-refractivity contribution in [2.45, 2.75) is 13.3 Å². The minimum atomic E-state index is -2.17. The van der Waals surface area contributed by atoms with Crippen LogP contribution < -0.4 is 0 Å². The molecule has 0 aliphatic heterocycles. The van der Waals surface area contributed by atoms with Crippen LogP contribution in [0.25, 0.3) is 0 Å². The van der Waals surface area contributed by atoms with Crippen molar-refractivity contribution in [3.63, 3.8) is 0 Å². The van der Waals surface area contributed by atoms with Crippen LogP contribution in [0.1, 0.15) is 13.3 Å². The highest BCUT2D eigenvalue weighted by Gasteiger charge is 2.22. The Bertz CT molecular complexity index is 290. The molecule has 0 fully saturated rings. The normalized spacial score (nSPS) is 14.1. The largest absolute Gasteiger partial charge is 0.327 e. The summed E-state index contributed by atoms with van der Waals surface area (Å²) >= 11 is 11.7. The molecule has 0 saturated heterocycles. The summed E-state index contributed by atoms with van der Waals surface area (Å²) in [7, 11) is 1.78. The molecule has 0 aliphatic rings. The Hall–Kier alpha value is 0.250. The van der Waals surface area contributed by atoms with Gasteiger partial charge in [-0.15, -0.1) is 0 Å². The van der Waals surface area contributed by atoms with E-state index in [0.29, 0.717) is 18.8 Å².